The average Bonchev–Trinajstić information content (AvgIpc) is 2.77. The number of hydrogen-bond acceptors (Lipinski definition) is 5. The molecule has 2 aliphatic heterocycles. The lowest BCUT2D eigenvalue weighted by molar-refractivity contribution is -0.384. The van der Waals surface area contributed by atoms with Gasteiger partial charge in [0.1, 0.15) is 0 Å². The Morgan fingerprint density at radius 3 is 2.68 bits per heavy atom. The van der Waals surface area contributed by atoms with Gasteiger partial charge in [-0.05, 0) is 29.5 Å². The summed E-state index contributed by atoms with van der Waals surface area (Å²) in [4.78, 5) is 28.8. The molecule has 0 unspecified atom stereocenters. The topological polar surface area (TPSA) is 78.7 Å². The number of nitrogens with zero attached hydrogens (tertiary/aromatic N) is 3. The quantitative estimate of drug-likeness (QED) is 0.571. The molecule has 1 amide bonds. The Morgan fingerprint density at radius 1 is 1.19 bits per heavy atom. The summed E-state index contributed by atoms with van der Waals surface area (Å²) in [7, 11) is 0. The fraction of sp³-hybridized carbons (Fsp3) is 0.458. The third-order valence-electron chi connectivity index (χ3n) is 6.26. The molecule has 1 saturated heterocycles. The molecule has 4 rings (SSSR count). The average molecular weight is 423 g/mol. The van der Waals surface area contributed by atoms with Crippen LogP contribution in [0, 0.1) is 22.0 Å². The van der Waals surface area contributed by atoms with E-state index in [1.807, 2.05) is 12.1 Å². The fourth-order valence-electron chi connectivity index (χ4n) is 4.70. The Labute approximate surface area is 183 Å². The highest BCUT2D eigenvalue weighted by Gasteiger charge is 2.41. The van der Waals surface area contributed by atoms with Crippen LogP contribution in [0.25, 0.3) is 0 Å². The van der Waals surface area contributed by atoms with Crippen LogP contribution in [0.3, 0.4) is 0 Å². The molecule has 0 radical (unpaired) electrons. The van der Waals surface area contributed by atoms with Gasteiger partial charge >= 0.3 is 0 Å². The van der Waals surface area contributed by atoms with Gasteiger partial charge in [-0.2, -0.15) is 0 Å². The number of carbonyl (C=O) groups excluding carboxylic acids is 1. The minimum absolute atomic E-state index is 0.0439. The number of nitrogens with one attached hydrogen (secondary N) is 1. The van der Waals surface area contributed by atoms with Gasteiger partial charge in [0.25, 0.3) is 5.69 Å². The first-order valence-electron chi connectivity index (χ1n) is 11.0. The zero-order valence-electron chi connectivity index (χ0n) is 18.2. The standard InChI is InChI=1S/C24H30N4O3/c1-17(2)14-25-24(29)21-13-19-12-20(28(30)31)8-9-22(19)27-11-10-26(16-23(21)27)15-18-6-4-3-5-7-18/h3-9,12,17,21,23H,10-11,13-16H2,1-2H3,(H,25,29)/t21-,23+/m0/s1. The van der Waals surface area contributed by atoms with E-state index in [9.17, 15) is 14.9 Å². The molecule has 2 aliphatic rings. The van der Waals surface area contributed by atoms with E-state index >= 15 is 0 Å². The van der Waals surface area contributed by atoms with Gasteiger partial charge in [0.15, 0.2) is 0 Å². The van der Waals surface area contributed by atoms with Crippen molar-refractivity contribution < 1.29 is 9.72 Å². The van der Waals surface area contributed by atoms with Crippen molar-refractivity contribution in [3.63, 3.8) is 0 Å². The minimum atomic E-state index is -0.363. The highest BCUT2D eigenvalue weighted by atomic mass is 16.6. The molecule has 0 spiro atoms. The maximum absolute atomic E-state index is 13.2. The van der Waals surface area contributed by atoms with E-state index in [1.165, 1.54) is 5.56 Å². The summed E-state index contributed by atoms with van der Waals surface area (Å²) in [6.45, 7) is 8.14. The molecule has 1 fully saturated rings. The van der Waals surface area contributed by atoms with E-state index in [4.69, 9.17) is 0 Å². The van der Waals surface area contributed by atoms with Gasteiger partial charge < -0.3 is 10.2 Å². The SMILES string of the molecule is CC(C)CNC(=O)[C@H]1Cc2cc([N+](=O)[O-])ccc2N2CCN(Cc3ccccc3)C[C@H]12. The summed E-state index contributed by atoms with van der Waals surface area (Å²) in [5.41, 5.74) is 3.28. The summed E-state index contributed by atoms with van der Waals surface area (Å²) in [6, 6.07) is 15.5. The van der Waals surface area contributed by atoms with Crippen molar-refractivity contribution >= 4 is 17.3 Å². The summed E-state index contributed by atoms with van der Waals surface area (Å²) in [5.74, 6) is 0.187. The van der Waals surface area contributed by atoms with E-state index in [-0.39, 0.29) is 28.5 Å². The lowest BCUT2D eigenvalue weighted by Crippen LogP contribution is -2.61. The molecular weight excluding hydrogens is 392 g/mol. The molecule has 7 nitrogen and oxygen atoms in total. The number of carbonyl (C=O) groups is 1. The van der Waals surface area contributed by atoms with Crippen molar-refractivity contribution in [2.75, 3.05) is 31.1 Å². The van der Waals surface area contributed by atoms with Crippen LogP contribution in [0.5, 0.6) is 0 Å². The zero-order valence-corrected chi connectivity index (χ0v) is 18.2. The Hall–Kier alpha value is -2.93. The fourth-order valence-corrected chi connectivity index (χ4v) is 4.70. The van der Waals surface area contributed by atoms with Gasteiger partial charge in [-0.25, -0.2) is 0 Å². The number of benzene rings is 2. The molecule has 0 saturated carbocycles. The van der Waals surface area contributed by atoms with Gasteiger partial charge in [-0.15, -0.1) is 0 Å². The summed E-state index contributed by atoms with van der Waals surface area (Å²) in [6.07, 6.45) is 0.529. The molecule has 2 heterocycles. The first-order chi connectivity index (χ1) is 14.9. The normalized spacial score (nSPS) is 20.8. The van der Waals surface area contributed by atoms with Gasteiger partial charge in [0.05, 0.1) is 16.9 Å². The molecule has 2 atom stereocenters. The Bertz CT molecular complexity index is 947. The second-order valence-corrected chi connectivity index (χ2v) is 9.00. The van der Waals surface area contributed by atoms with Crippen LogP contribution in [0.1, 0.15) is 25.0 Å². The Morgan fingerprint density at radius 2 is 1.97 bits per heavy atom. The van der Waals surface area contributed by atoms with Gasteiger partial charge in [0, 0.05) is 50.5 Å². The Balaban J connectivity index is 1.60. The smallest absolute Gasteiger partial charge is 0.269 e. The van der Waals surface area contributed by atoms with Crippen LogP contribution in [-0.2, 0) is 17.8 Å². The number of hydrogen-bond donors (Lipinski definition) is 1. The van der Waals surface area contributed by atoms with Gasteiger partial charge in [-0.3, -0.25) is 19.8 Å². The molecule has 0 aliphatic carbocycles. The molecule has 31 heavy (non-hydrogen) atoms. The number of amides is 1. The molecule has 164 valence electrons. The lowest BCUT2D eigenvalue weighted by atomic mass is 9.83. The van der Waals surface area contributed by atoms with Crippen molar-refractivity contribution in [3.8, 4) is 0 Å². The van der Waals surface area contributed by atoms with Crippen LogP contribution >= 0.6 is 0 Å². The van der Waals surface area contributed by atoms with E-state index in [2.05, 4.69) is 53.2 Å². The van der Waals surface area contributed by atoms with Crippen molar-refractivity contribution in [2.45, 2.75) is 32.9 Å². The third kappa shape index (κ3) is 4.71. The van der Waals surface area contributed by atoms with Gasteiger partial charge in [-0.1, -0.05) is 44.2 Å². The molecular formula is C24H30N4O3. The summed E-state index contributed by atoms with van der Waals surface area (Å²) in [5, 5.41) is 14.4. The van der Waals surface area contributed by atoms with Crippen LogP contribution in [0.4, 0.5) is 11.4 Å². The van der Waals surface area contributed by atoms with Crippen molar-refractivity contribution in [2.24, 2.45) is 11.8 Å². The first-order valence-corrected chi connectivity index (χ1v) is 11.0. The number of fused-ring (bicyclic) bond motifs is 3. The Kier molecular flexibility index (Phi) is 6.23. The molecule has 2 aromatic carbocycles. The number of nitro benzene ring substituents is 1. The minimum Gasteiger partial charge on any atom is -0.365 e. The van der Waals surface area contributed by atoms with Crippen LogP contribution < -0.4 is 10.2 Å². The van der Waals surface area contributed by atoms with E-state index in [0.29, 0.717) is 18.9 Å². The maximum Gasteiger partial charge on any atom is 0.269 e. The van der Waals surface area contributed by atoms with Crippen molar-refractivity contribution in [1.82, 2.24) is 10.2 Å². The number of non-ortho nitro benzene ring substituents is 1. The largest absolute Gasteiger partial charge is 0.365 e. The number of anilines is 1. The van der Waals surface area contributed by atoms with Crippen LogP contribution in [-0.4, -0.2) is 48.0 Å². The number of rotatable bonds is 6. The second kappa shape index (κ2) is 9.06. The van der Waals surface area contributed by atoms with Crippen molar-refractivity contribution in [3.05, 3.63) is 69.8 Å². The highest BCUT2D eigenvalue weighted by molar-refractivity contribution is 5.82. The second-order valence-electron chi connectivity index (χ2n) is 9.00. The molecule has 0 aromatic heterocycles. The van der Waals surface area contributed by atoms with E-state index < -0.39 is 0 Å². The van der Waals surface area contributed by atoms with E-state index in [0.717, 1.165) is 37.4 Å². The monoisotopic (exact) mass is 422 g/mol. The molecule has 0 bridgehead atoms. The highest BCUT2D eigenvalue weighted by Crippen LogP contribution is 2.38. The zero-order chi connectivity index (χ0) is 22.0. The molecule has 2 aromatic rings. The van der Waals surface area contributed by atoms with Crippen LogP contribution in [0.15, 0.2) is 48.5 Å². The summed E-state index contributed by atoms with van der Waals surface area (Å²) >= 11 is 0. The maximum atomic E-state index is 13.2. The third-order valence-corrected chi connectivity index (χ3v) is 6.26. The van der Waals surface area contributed by atoms with Crippen molar-refractivity contribution in [1.29, 1.82) is 0 Å². The van der Waals surface area contributed by atoms with Crippen LogP contribution in [0.2, 0.25) is 0 Å². The van der Waals surface area contributed by atoms with E-state index in [1.54, 1.807) is 12.1 Å². The first kappa shape index (κ1) is 21.3. The predicted molar refractivity (Wildman–Crippen MR) is 121 cm³/mol. The lowest BCUT2D eigenvalue weighted by Gasteiger charge is -2.49. The molecule has 7 heteroatoms. The predicted octanol–water partition coefficient (Wildman–Crippen LogP) is 3.23. The summed E-state index contributed by atoms with van der Waals surface area (Å²) < 4.78 is 0. The molecule has 1 N–H and O–H groups in total. The number of nitro groups is 1. The van der Waals surface area contributed by atoms with Gasteiger partial charge in [0.2, 0.25) is 5.91 Å². The number of piperazine rings is 1.